The Morgan fingerprint density at radius 2 is 2.29 bits per heavy atom. The van der Waals surface area contributed by atoms with Gasteiger partial charge in [0.25, 0.3) is 0 Å². The van der Waals surface area contributed by atoms with Crippen molar-refractivity contribution in [1.29, 1.82) is 0 Å². The van der Waals surface area contributed by atoms with E-state index in [4.69, 9.17) is 0 Å². The molecule has 2 heterocycles. The fraction of sp³-hybridized carbons (Fsp3) is 0.583. The molecular weight excluding hydrogens is 234 g/mol. The van der Waals surface area contributed by atoms with Gasteiger partial charge in [-0.25, -0.2) is 4.98 Å². The van der Waals surface area contributed by atoms with E-state index >= 15 is 0 Å². The van der Waals surface area contributed by atoms with Gasteiger partial charge < -0.3 is 10.4 Å². The van der Waals surface area contributed by atoms with Gasteiger partial charge in [0.2, 0.25) is 0 Å². The molecule has 0 bridgehead atoms. The van der Waals surface area contributed by atoms with Crippen LogP contribution < -0.4 is 5.32 Å². The van der Waals surface area contributed by atoms with E-state index < -0.39 is 0 Å². The number of nitrogens with one attached hydrogen (secondary N) is 1. The minimum atomic E-state index is -0.239. The zero-order valence-corrected chi connectivity index (χ0v) is 11.3. The lowest BCUT2D eigenvalue weighted by Gasteiger charge is -2.07. The highest BCUT2D eigenvalue weighted by Gasteiger charge is 2.11. The van der Waals surface area contributed by atoms with Crippen molar-refractivity contribution in [3.8, 4) is 0 Å². The van der Waals surface area contributed by atoms with Crippen LogP contribution in [0, 0.1) is 13.8 Å². The Balaban J connectivity index is 2.07. The van der Waals surface area contributed by atoms with Gasteiger partial charge in [-0.1, -0.05) is 0 Å². The van der Waals surface area contributed by atoms with E-state index in [1.807, 2.05) is 13.8 Å². The molecule has 0 radical (unpaired) electrons. The predicted octanol–water partition coefficient (Wildman–Crippen LogP) is 1.87. The van der Waals surface area contributed by atoms with Crippen molar-refractivity contribution < 1.29 is 5.11 Å². The topological polar surface area (TPSA) is 49.6 Å². The van der Waals surface area contributed by atoms with Crippen LogP contribution in [0.15, 0.2) is 5.38 Å². The predicted molar refractivity (Wildman–Crippen MR) is 70.5 cm³/mol. The Labute approximate surface area is 105 Å². The van der Waals surface area contributed by atoms with Crippen molar-refractivity contribution in [3.63, 3.8) is 0 Å². The molecule has 2 aromatic heterocycles. The van der Waals surface area contributed by atoms with Crippen LogP contribution in [0.2, 0.25) is 0 Å². The highest BCUT2D eigenvalue weighted by atomic mass is 32.1. The van der Waals surface area contributed by atoms with E-state index in [1.165, 1.54) is 11.4 Å². The second kappa shape index (κ2) is 5.16. The van der Waals surface area contributed by atoms with Gasteiger partial charge in [-0.05, 0) is 33.7 Å². The number of hydrogen-bond donors (Lipinski definition) is 2. The van der Waals surface area contributed by atoms with Crippen LogP contribution in [-0.4, -0.2) is 27.1 Å². The number of rotatable bonds is 5. The molecule has 0 saturated heterocycles. The fourth-order valence-electron chi connectivity index (χ4n) is 1.89. The maximum Gasteiger partial charge on any atom is 0.194 e. The number of imidazole rings is 1. The lowest BCUT2D eigenvalue weighted by molar-refractivity contribution is 0.183. The average Bonchev–Trinajstić information content (AvgIpc) is 2.75. The van der Waals surface area contributed by atoms with Crippen LogP contribution in [0.5, 0.6) is 0 Å². The molecule has 0 saturated carbocycles. The lowest BCUT2D eigenvalue weighted by atomic mass is 10.3. The van der Waals surface area contributed by atoms with Crippen molar-refractivity contribution in [1.82, 2.24) is 14.7 Å². The third-order valence-electron chi connectivity index (χ3n) is 2.86. The Morgan fingerprint density at radius 1 is 1.53 bits per heavy atom. The van der Waals surface area contributed by atoms with Crippen molar-refractivity contribution >= 4 is 16.3 Å². The van der Waals surface area contributed by atoms with Gasteiger partial charge in [0, 0.05) is 17.6 Å². The number of aromatic nitrogens is 2. The Hall–Kier alpha value is -0.910. The quantitative estimate of drug-likeness (QED) is 0.800. The Kier molecular flexibility index (Phi) is 3.81. The molecule has 94 valence electrons. The number of aliphatic hydroxyl groups excluding tert-OH is 1. The molecule has 17 heavy (non-hydrogen) atoms. The first kappa shape index (κ1) is 12.5. The normalized spacial score (nSPS) is 13.4. The minimum Gasteiger partial charge on any atom is -0.393 e. The van der Waals surface area contributed by atoms with Gasteiger partial charge in [0.1, 0.15) is 0 Å². The molecule has 2 N–H and O–H groups in total. The number of hydrogen-bond acceptors (Lipinski definition) is 4. The van der Waals surface area contributed by atoms with E-state index in [0.717, 1.165) is 30.2 Å². The summed E-state index contributed by atoms with van der Waals surface area (Å²) >= 11 is 1.68. The largest absolute Gasteiger partial charge is 0.393 e. The summed E-state index contributed by atoms with van der Waals surface area (Å²) in [5.41, 5.74) is 3.55. The third kappa shape index (κ3) is 2.68. The zero-order chi connectivity index (χ0) is 12.4. The first-order valence-corrected chi connectivity index (χ1v) is 6.78. The molecule has 0 spiro atoms. The maximum atomic E-state index is 9.19. The van der Waals surface area contributed by atoms with Gasteiger partial charge >= 0.3 is 0 Å². The first-order valence-electron chi connectivity index (χ1n) is 5.90. The SMILES string of the molecule is Cc1nc2scc(C)n2c1CNCCC(C)O. The molecule has 1 atom stereocenters. The van der Waals surface area contributed by atoms with Crippen LogP contribution in [0.25, 0.3) is 4.96 Å². The Bertz CT molecular complexity index is 501. The van der Waals surface area contributed by atoms with E-state index in [0.29, 0.717) is 0 Å². The second-order valence-corrected chi connectivity index (χ2v) is 5.29. The highest BCUT2D eigenvalue weighted by molar-refractivity contribution is 7.15. The molecule has 0 aromatic carbocycles. The molecule has 0 amide bonds. The minimum absolute atomic E-state index is 0.239. The van der Waals surface area contributed by atoms with Gasteiger partial charge in [0.05, 0.1) is 17.5 Å². The molecule has 5 heteroatoms. The molecule has 1 unspecified atom stereocenters. The van der Waals surface area contributed by atoms with Crippen molar-refractivity contribution in [2.75, 3.05) is 6.54 Å². The Morgan fingerprint density at radius 3 is 3.00 bits per heavy atom. The third-order valence-corrected chi connectivity index (χ3v) is 3.80. The number of aryl methyl sites for hydroxylation is 2. The summed E-state index contributed by atoms with van der Waals surface area (Å²) in [6.45, 7) is 7.59. The fourth-order valence-corrected chi connectivity index (χ4v) is 2.82. The van der Waals surface area contributed by atoms with E-state index in [-0.39, 0.29) is 6.10 Å². The standard InChI is InChI=1S/C12H19N3OS/c1-8-7-17-12-14-10(3)11(15(8)12)6-13-5-4-9(2)16/h7,9,13,16H,4-6H2,1-3H3. The molecule has 2 rings (SSSR count). The van der Waals surface area contributed by atoms with Gasteiger partial charge in [-0.2, -0.15) is 0 Å². The number of nitrogens with zero attached hydrogens (tertiary/aromatic N) is 2. The number of thiazole rings is 1. The summed E-state index contributed by atoms with van der Waals surface area (Å²) in [5.74, 6) is 0. The molecule has 2 aromatic rings. The van der Waals surface area contributed by atoms with Gasteiger partial charge in [-0.15, -0.1) is 11.3 Å². The van der Waals surface area contributed by atoms with Crippen LogP contribution in [0.3, 0.4) is 0 Å². The number of fused-ring (bicyclic) bond motifs is 1. The van der Waals surface area contributed by atoms with Crippen LogP contribution in [-0.2, 0) is 6.54 Å². The number of aliphatic hydroxyl groups is 1. The maximum absolute atomic E-state index is 9.19. The van der Waals surface area contributed by atoms with Crippen LogP contribution >= 0.6 is 11.3 Å². The smallest absolute Gasteiger partial charge is 0.194 e. The average molecular weight is 253 g/mol. The monoisotopic (exact) mass is 253 g/mol. The van der Waals surface area contributed by atoms with E-state index in [9.17, 15) is 5.11 Å². The van der Waals surface area contributed by atoms with Gasteiger partial charge in [0.15, 0.2) is 4.96 Å². The summed E-state index contributed by atoms with van der Waals surface area (Å²) in [5, 5.41) is 14.7. The zero-order valence-electron chi connectivity index (χ0n) is 10.5. The molecule has 0 aliphatic carbocycles. The molecule has 4 nitrogen and oxygen atoms in total. The summed E-state index contributed by atoms with van der Waals surface area (Å²) < 4.78 is 2.20. The van der Waals surface area contributed by atoms with E-state index in [1.54, 1.807) is 11.3 Å². The second-order valence-electron chi connectivity index (χ2n) is 4.45. The molecule has 0 fully saturated rings. The van der Waals surface area contributed by atoms with Crippen molar-refractivity contribution in [2.45, 2.75) is 39.8 Å². The molecule has 0 aliphatic heterocycles. The summed E-state index contributed by atoms with van der Waals surface area (Å²) in [7, 11) is 0. The molecular formula is C12H19N3OS. The van der Waals surface area contributed by atoms with Crippen molar-refractivity contribution in [2.24, 2.45) is 0 Å². The summed E-state index contributed by atoms with van der Waals surface area (Å²) in [6.07, 6.45) is 0.542. The summed E-state index contributed by atoms with van der Waals surface area (Å²) in [4.78, 5) is 5.60. The highest BCUT2D eigenvalue weighted by Crippen LogP contribution is 2.20. The van der Waals surface area contributed by atoms with E-state index in [2.05, 4.69) is 27.0 Å². The van der Waals surface area contributed by atoms with Crippen molar-refractivity contribution in [3.05, 3.63) is 22.5 Å². The van der Waals surface area contributed by atoms with Gasteiger partial charge in [-0.3, -0.25) is 4.40 Å². The van der Waals surface area contributed by atoms with Crippen LogP contribution in [0.4, 0.5) is 0 Å². The lowest BCUT2D eigenvalue weighted by Crippen LogP contribution is -2.20. The van der Waals surface area contributed by atoms with Crippen LogP contribution in [0.1, 0.15) is 30.4 Å². The molecule has 0 aliphatic rings. The first-order chi connectivity index (χ1) is 8.09. The summed E-state index contributed by atoms with van der Waals surface area (Å²) in [6, 6.07) is 0.